The lowest BCUT2D eigenvalue weighted by Gasteiger charge is -2.54. The lowest BCUT2D eigenvalue weighted by atomic mass is 9.32. The molecule has 4 aliphatic heterocycles. The summed E-state index contributed by atoms with van der Waals surface area (Å²) in [4.78, 5) is 8.60. The Morgan fingerprint density at radius 2 is 0.975 bits per heavy atom. The van der Waals surface area contributed by atoms with E-state index < -0.39 is 0 Å². The quantitative estimate of drug-likeness (QED) is 0.165. The van der Waals surface area contributed by atoms with Crippen LogP contribution in [0, 0.1) is 0 Å². The van der Waals surface area contributed by atoms with Gasteiger partial charge in [-0.1, -0.05) is 189 Å². The zero-order valence-corrected chi connectivity index (χ0v) is 50.5. The van der Waals surface area contributed by atoms with Crippen LogP contribution in [0.2, 0.25) is 0 Å². The molecule has 5 heterocycles. The first-order valence-corrected chi connectivity index (χ1v) is 30.3. The van der Waals surface area contributed by atoms with Gasteiger partial charge in [0.15, 0.2) is 0 Å². The number of fused-ring (bicyclic) bond motifs is 14. The largest absolute Gasteiger partial charge is 0.456 e. The van der Waals surface area contributed by atoms with E-state index in [0.717, 1.165) is 24.0 Å². The van der Waals surface area contributed by atoms with E-state index in [1.165, 1.54) is 144 Å². The number of anilines is 7. The monoisotopic (exact) mass is 1040 g/mol. The van der Waals surface area contributed by atoms with Crippen LogP contribution in [0.15, 0.2) is 126 Å². The van der Waals surface area contributed by atoms with Gasteiger partial charge in [0.1, 0.15) is 11.2 Å². The smallest absolute Gasteiger partial charge is 0.253 e. The fourth-order valence-corrected chi connectivity index (χ4v) is 16.6. The number of furan rings is 1. The van der Waals surface area contributed by atoms with Crippen molar-refractivity contribution in [3.63, 3.8) is 0 Å². The number of hydrogen-bond acceptors (Lipinski definition) is 4. The van der Waals surface area contributed by atoms with Gasteiger partial charge in [0.2, 0.25) is 0 Å². The summed E-state index contributed by atoms with van der Waals surface area (Å²) in [5.41, 5.74) is 25.9. The van der Waals surface area contributed by atoms with Crippen LogP contribution in [0.1, 0.15) is 196 Å². The van der Waals surface area contributed by atoms with E-state index in [-0.39, 0.29) is 50.3 Å². The van der Waals surface area contributed by atoms with E-state index in [1.807, 2.05) is 0 Å². The van der Waals surface area contributed by atoms with E-state index in [0.29, 0.717) is 0 Å². The van der Waals surface area contributed by atoms with Gasteiger partial charge in [-0.3, -0.25) is 0 Å². The highest BCUT2D eigenvalue weighted by Crippen LogP contribution is 2.65. The summed E-state index contributed by atoms with van der Waals surface area (Å²) in [6, 6.07) is 48.8. The molecular weight excluding hydrogens is 958 g/mol. The van der Waals surface area contributed by atoms with Gasteiger partial charge in [0.25, 0.3) is 6.71 Å². The highest BCUT2D eigenvalue weighted by Gasteiger charge is 2.63. The van der Waals surface area contributed by atoms with E-state index in [1.54, 1.807) is 5.56 Å². The van der Waals surface area contributed by atoms with Crippen LogP contribution in [0.5, 0.6) is 0 Å². The molecule has 0 amide bonds. The third kappa shape index (κ3) is 6.86. The number of benzene rings is 7. The Balaban J connectivity index is 1.18. The topological polar surface area (TPSA) is 22.9 Å². The average Bonchev–Trinajstić information content (AvgIpc) is 2.00. The molecule has 0 saturated heterocycles. The normalized spacial score (nSPS) is 24.2. The summed E-state index contributed by atoms with van der Waals surface area (Å²) >= 11 is 0. The Hall–Kier alpha value is -6.20. The summed E-state index contributed by atoms with van der Waals surface area (Å²) in [6.07, 6.45) is 9.59. The summed E-state index contributed by atoms with van der Waals surface area (Å²) in [5.74, 6) is 0. The van der Waals surface area contributed by atoms with Crippen molar-refractivity contribution in [2.45, 2.75) is 206 Å². The SMILES string of the molecule is CC(C)(C)c1ccc(N2c3cc(N4c5ccc(C(C)(C)C)cc5C5(C)CCCCC45C)cc4c3B(c3cc(C(C)(C)C)cc5c3N4C3(C)CCCCC53C)c3c2ccc2oc4ccc(C(C)(C)C)cc4c32)c(-c2ccccc2)c1. The molecule has 0 N–H and O–H groups in total. The van der Waals surface area contributed by atoms with E-state index in [9.17, 15) is 0 Å². The summed E-state index contributed by atoms with van der Waals surface area (Å²) < 4.78 is 7.12. The maximum atomic E-state index is 7.12. The highest BCUT2D eigenvalue weighted by molar-refractivity contribution is 7.02. The average molecular weight is 1040 g/mol. The minimum atomic E-state index is -0.158. The van der Waals surface area contributed by atoms with Gasteiger partial charge in [-0.2, -0.15) is 0 Å². The molecule has 2 fully saturated rings. The fourth-order valence-electron chi connectivity index (χ4n) is 16.6. The molecule has 0 spiro atoms. The van der Waals surface area contributed by atoms with Crippen LogP contribution < -0.4 is 31.1 Å². The molecule has 2 aliphatic carbocycles. The first kappa shape index (κ1) is 51.0. The Morgan fingerprint density at radius 1 is 0.443 bits per heavy atom. The maximum absolute atomic E-state index is 7.12. The van der Waals surface area contributed by atoms with Crippen molar-refractivity contribution in [2.75, 3.05) is 14.7 Å². The first-order chi connectivity index (χ1) is 37.2. The lowest BCUT2D eigenvalue weighted by Crippen LogP contribution is -2.65. The minimum Gasteiger partial charge on any atom is -0.456 e. The second kappa shape index (κ2) is 16.3. The van der Waals surface area contributed by atoms with Crippen LogP contribution in [-0.4, -0.2) is 17.8 Å². The van der Waals surface area contributed by atoms with Crippen LogP contribution in [-0.2, 0) is 32.5 Å². The second-order valence-electron chi connectivity index (χ2n) is 30.4. The predicted octanol–water partition coefficient (Wildman–Crippen LogP) is 18.5. The van der Waals surface area contributed by atoms with Gasteiger partial charge in [0, 0.05) is 61.3 Å². The molecule has 0 radical (unpaired) electrons. The number of nitrogens with zero attached hydrogens (tertiary/aromatic N) is 3. The van der Waals surface area contributed by atoms with E-state index in [2.05, 4.69) is 247 Å². The molecule has 8 aromatic rings. The molecule has 5 heteroatoms. The number of rotatable bonds is 3. The summed E-state index contributed by atoms with van der Waals surface area (Å²) in [6.45, 7) is 39.0. The Morgan fingerprint density at radius 3 is 1.63 bits per heavy atom. The third-order valence-corrected chi connectivity index (χ3v) is 21.8. The van der Waals surface area contributed by atoms with Gasteiger partial charge >= 0.3 is 0 Å². The third-order valence-electron chi connectivity index (χ3n) is 21.8. The number of hydrogen-bond donors (Lipinski definition) is 0. The predicted molar refractivity (Wildman–Crippen MR) is 339 cm³/mol. The van der Waals surface area contributed by atoms with Gasteiger partial charge in [-0.15, -0.1) is 0 Å². The fraction of sp³-hybridized carbons (Fsp3) is 0.432. The van der Waals surface area contributed by atoms with E-state index >= 15 is 0 Å². The van der Waals surface area contributed by atoms with Gasteiger partial charge in [0.05, 0.1) is 16.8 Å². The van der Waals surface area contributed by atoms with Crippen molar-refractivity contribution in [2.24, 2.45) is 0 Å². The second-order valence-corrected chi connectivity index (χ2v) is 30.4. The minimum absolute atomic E-state index is 0.0301. The first-order valence-electron chi connectivity index (χ1n) is 30.3. The van der Waals surface area contributed by atoms with Crippen molar-refractivity contribution in [3.8, 4) is 11.1 Å². The van der Waals surface area contributed by atoms with E-state index in [4.69, 9.17) is 4.42 Å². The van der Waals surface area contributed by atoms with Crippen LogP contribution in [0.25, 0.3) is 33.1 Å². The highest BCUT2D eigenvalue weighted by atomic mass is 16.3. The van der Waals surface area contributed by atoms with Crippen LogP contribution in [0.4, 0.5) is 39.8 Å². The molecule has 0 bridgehead atoms. The molecule has 14 rings (SSSR count). The molecule has 79 heavy (non-hydrogen) atoms. The molecule has 7 aromatic carbocycles. The van der Waals surface area contributed by atoms with Crippen molar-refractivity contribution in [1.29, 1.82) is 0 Å². The molecule has 4 atom stereocenters. The maximum Gasteiger partial charge on any atom is 0.253 e. The van der Waals surface area contributed by atoms with Crippen molar-refractivity contribution in [3.05, 3.63) is 155 Å². The molecule has 4 nitrogen and oxygen atoms in total. The zero-order valence-electron chi connectivity index (χ0n) is 50.5. The molecule has 1 aromatic heterocycles. The zero-order chi connectivity index (χ0) is 55.5. The van der Waals surface area contributed by atoms with Gasteiger partial charge in [-0.25, -0.2) is 0 Å². The molecule has 6 aliphatic rings. The standard InChI is InChI=1S/C74H84BN3O/c1-67(2,3)46-26-29-56(51(38-46)45-24-18-17-19-25-45)76-58-31-33-62-63(52-39-47(68(4,5)6)28-32-61(52)79-62)65(58)75-55-42-49(70(10,11)12)41-54-66(55)78(74(16)37-23-21-35-72(54,74)14)60-44-50(43-59(76)64(60)75)77-57-30-27-48(69(7,8)9)40-53(57)71(13)34-20-22-36-73(71,77)15/h17-19,24-33,38-44H,20-23,34-37H2,1-16H3. The lowest BCUT2D eigenvalue weighted by molar-refractivity contribution is 0.194. The van der Waals surface area contributed by atoms with Gasteiger partial charge < -0.3 is 19.1 Å². The summed E-state index contributed by atoms with van der Waals surface area (Å²) in [7, 11) is 0. The van der Waals surface area contributed by atoms with Crippen LogP contribution in [0.3, 0.4) is 0 Å². The van der Waals surface area contributed by atoms with Crippen molar-refractivity contribution in [1.82, 2.24) is 0 Å². The Labute approximate surface area is 473 Å². The van der Waals surface area contributed by atoms with Gasteiger partial charge in [-0.05, 0) is 171 Å². The van der Waals surface area contributed by atoms with Crippen LogP contribution >= 0.6 is 0 Å². The van der Waals surface area contributed by atoms with Crippen molar-refractivity contribution >= 4 is 84.9 Å². The Kier molecular flexibility index (Phi) is 10.5. The molecule has 4 unspecified atom stereocenters. The Bertz CT molecular complexity index is 3890. The van der Waals surface area contributed by atoms with Crippen molar-refractivity contribution < 1.29 is 4.42 Å². The molecular formula is C74H84BN3O. The summed E-state index contributed by atoms with van der Waals surface area (Å²) in [5, 5.41) is 2.45. The molecule has 404 valence electrons. The molecule has 2 saturated carbocycles.